The molecule has 1 N–H and O–H groups in total. The molecule has 0 amide bonds. The van der Waals surface area contributed by atoms with Crippen molar-refractivity contribution >= 4 is 0 Å². The lowest BCUT2D eigenvalue weighted by atomic mass is 9.96. The van der Waals surface area contributed by atoms with Gasteiger partial charge in [0.05, 0.1) is 6.61 Å². The maximum Gasteiger partial charge on any atom is 0.261 e. The molecule has 1 aliphatic rings. The Morgan fingerprint density at radius 3 is 2.47 bits per heavy atom. The average Bonchev–Trinajstić information content (AvgIpc) is 2.23. The van der Waals surface area contributed by atoms with Gasteiger partial charge in [-0.05, 0) is 0 Å². The lowest BCUT2D eigenvalue weighted by Crippen LogP contribution is -2.44. The fourth-order valence-corrected chi connectivity index (χ4v) is 1.44. The number of allylic oxidation sites excluding steroid dienone is 2. The van der Waals surface area contributed by atoms with Gasteiger partial charge in [-0.25, -0.2) is 13.2 Å². The van der Waals surface area contributed by atoms with Crippen LogP contribution >= 0.6 is 0 Å². The summed E-state index contributed by atoms with van der Waals surface area (Å²) in [5.74, 6) is -5.32. The van der Waals surface area contributed by atoms with Crippen LogP contribution in [-0.4, -0.2) is 37.9 Å². The van der Waals surface area contributed by atoms with Crippen LogP contribution in [0.15, 0.2) is 23.3 Å². The molecule has 15 heavy (non-hydrogen) atoms. The minimum absolute atomic E-state index is 0.343. The van der Waals surface area contributed by atoms with Crippen LogP contribution in [0, 0.1) is 0 Å². The number of ether oxygens (including phenoxy) is 2. The van der Waals surface area contributed by atoms with Crippen molar-refractivity contribution in [3.05, 3.63) is 23.3 Å². The molecule has 3 nitrogen and oxygen atoms in total. The predicted octanol–water partition coefficient (Wildman–Crippen LogP) is 1.40. The van der Waals surface area contributed by atoms with E-state index in [1.54, 1.807) is 0 Å². The smallest absolute Gasteiger partial charge is 0.261 e. The van der Waals surface area contributed by atoms with Gasteiger partial charge in [0, 0.05) is 25.9 Å². The molecule has 0 heterocycles. The molecule has 0 fully saturated rings. The van der Waals surface area contributed by atoms with Crippen LogP contribution < -0.4 is 0 Å². The molecule has 86 valence electrons. The second-order valence-electron chi connectivity index (χ2n) is 3.01. The molecule has 0 bridgehead atoms. The summed E-state index contributed by atoms with van der Waals surface area (Å²) < 4.78 is 49.0. The van der Waals surface area contributed by atoms with E-state index in [2.05, 4.69) is 9.47 Å². The molecule has 1 aliphatic carbocycles. The zero-order valence-corrected chi connectivity index (χ0v) is 8.26. The average molecular weight is 224 g/mol. The maximum absolute atomic E-state index is 13.9. The number of hydrogen-bond acceptors (Lipinski definition) is 3. The summed E-state index contributed by atoms with van der Waals surface area (Å²) in [6.45, 7) is -0.847. The number of aliphatic hydroxyl groups excluding tert-OH is 1. The normalized spacial score (nSPS) is 31.9. The molecule has 0 aliphatic heterocycles. The van der Waals surface area contributed by atoms with Crippen LogP contribution in [0.5, 0.6) is 0 Å². The van der Waals surface area contributed by atoms with Crippen LogP contribution in [0.2, 0.25) is 0 Å². The van der Waals surface area contributed by atoms with Gasteiger partial charge in [-0.2, -0.15) is 0 Å². The van der Waals surface area contributed by atoms with E-state index < -0.39 is 35.8 Å². The number of alkyl halides is 1. The third-order valence-corrected chi connectivity index (χ3v) is 2.21. The van der Waals surface area contributed by atoms with Crippen LogP contribution in [0.1, 0.15) is 0 Å². The molecule has 2 unspecified atom stereocenters. The SMILES string of the molecule is COC1C(CO)=C(F)C(F)=CC1(F)OC. The Bertz CT molecular complexity index is 314. The highest BCUT2D eigenvalue weighted by molar-refractivity contribution is 5.37. The molecule has 0 radical (unpaired) electrons. The summed E-state index contributed by atoms with van der Waals surface area (Å²) >= 11 is 0. The van der Waals surface area contributed by atoms with E-state index >= 15 is 0 Å². The van der Waals surface area contributed by atoms with Gasteiger partial charge < -0.3 is 14.6 Å². The van der Waals surface area contributed by atoms with E-state index in [9.17, 15) is 13.2 Å². The summed E-state index contributed by atoms with van der Waals surface area (Å²) in [7, 11) is 2.10. The quantitative estimate of drug-likeness (QED) is 0.787. The van der Waals surface area contributed by atoms with Gasteiger partial charge in [0.2, 0.25) is 0 Å². The fourth-order valence-electron chi connectivity index (χ4n) is 1.44. The Morgan fingerprint density at radius 1 is 1.47 bits per heavy atom. The Balaban J connectivity index is 3.21. The van der Waals surface area contributed by atoms with Gasteiger partial charge in [-0.15, -0.1) is 0 Å². The van der Waals surface area contributed by atoms with Crippen molar-refractivity contribution in [2.75, 3.05) is 20.8 Å². The standard InChI is InChI=1S/C9H11F3O3/c1-14-8-5(4-13)7(11)6(10)3-9(8,12)15-2/h3,8,13H,4H2,1-2H3. The summed E-state index contributed by atoms with van der Waals surface area (Å²) in [6, 6.07) is 0. The predicted molar refractivity (Wildman–Crippen MR) is 46.1 cm³/mol. The Hall–Kier alpha value is -0.850. The summed E-state index contributed by atoms with van der Waals surface area (Å²) in [4.78, 5) is 0. The van der Waals surface area contributed by atoms with Gasteiger partial charge in [0.1, 0.15) is 6.10 Å². The van der Waals surface area contributed by atoms with Crippen molar-refractivity contribution in [1.82, 2.24) is 0 Å². The van der Waals surface area contributed by atoms with Crippen LogP contribution in [-0.2, 0) is 9.47 Å². The first-order valence-corrected chi connectivity index (χ1v) is 4.15. The molecule has 0 aromatic carbocycles. The van der Waals surface area contributed by atoms with Gasteiger partial charge in [-0.1, -0.05) is 0 Å². The molecule has 6 heteroatoms. The van der Waals surface area contributed by atoms with E-state index in [0.29, 0.717) is 6.08 Å². The van der Waals surface area contributed by atoms with Crippen molar-refractivity contribution in [2.24, 2.45) is 0 Å². The first-order valence-electron chi connectivity index (χ1n) is 4.15. The van der Waals surface area contributed by atoms with E-state index in [4.69, 9.17) is 5.11 Å². The van der Waals surface area contributed by atoms with Crippen LogP contribution in [0.25, 0.3) is 0 Å². The van der Waals surface area contributed by atoms with E-state index in [-0.39, 0.29) is 0 Å². The van der Waals surface area contributed by atoms with Crippen molar-refractivity contribution < 1.29 is 27.8 Å². The van der Waals surface area contributed by atoms with Crippen molar-refractivity contribution in [3.63, 3.8) is 0 Å². The maximum atomic E-state index is 13.9. The third kappa shape index (κ3) is 1.92. The first kappa shape index (κ1) is 12.2. The zero-order valence-electron chi connectivity index (χ0n) is 8.26. The second kappa shape index (κ2) is 4.34. The molecule has 1 rings (SSSR count). The number of halogens is 3. The van der Waals surface area contributed by atoms with Gasteiger partial charge in [0.15, 0.2) is 11.7 Å². The fraction of sp³-hybridized carbons (Fsp3) is 0.556. The number of rotatable bonds is 3. The highest BCUT2D eigenvalue weighted by Gasteiger charge is 2.46. The van der Waals surface area contributed by atoms with E-state index in [1.165, 1.54) is 0 Å². The largest absolute Gasteiger partial charge is 0.392 e. The molecule has 0 spiro atoms. The summed E-state index contributed by atoms with van der Waals surface area (Å²) in [6.07, 6.45) is -1.15. The summed E-state index contributed by atoms with van der Waals surface area (Å²) in [5.41, 5.74) is -0.512. The monoisotopic (exact) mass is 224 g/mol. The lowest BCUT2D eigenvalue weighted by molar-refractivity contribution is -0.158. The molecule has 0 saturated carbocycles. The molecule has 0 aromatic rings. The number of aliphatic hydroxyl groups is 1. The van der Waals surface area contributed by atoms with Crippen molar-refractivity contribution in [1.29, 1.82) is 0 Å². The number of hydrogen-bond donors (Lipinski definition) is 1. The molecule has 0 aromatic heterocycles. The highest BCUT2D eigenvalue weighted by atomic mass is 19.2. The van der Waals surface area contributed by atoms with Gasteiger partial charge in [0.25, 0.3) is 5.85 Å². The van der Waals surface area contributed by atoms with Crippen molar-refractivity contribution in [3.8, 4) is 0 Å². The second-order valence-corrected chi connectivity index (χ2v) is 3.01. The zero-order chi connectivity index (χ0) is 11.6. The highest BCUT2D eigenvalue weighted by Crippen LogP contribution is 2.37. The van der Waals surface area contributed by atoms with Crippen LogP contribution in [0.3, 0.4) is 0 Å². The van der Waals surface area contributed by atoms with E-state index in [1.807, 2.05) is 0 Å². The number of methoxy groups -OCH3 is 2. The molecular formula is C9H11F3O3. The summed E-state index contributed by atoms with van der Waals surface area (Å²) in [5, 5.41) is 8.81. The van der Waals surface area contributed by atoms with Gasteiger partial charge >= 0.3 is 0 Å². The third-order valence-electron chi connectivity index (χ3n) is 2.21. The topological polar surface area (TPSA) is 38.7 Å². The molecule has 2 atom stereocenters. The minimum Gasteiger partial charge on any atom is -0.392 e. The minimum atomic E-state index is -2.60. The van der Waals surface area contributed by atoms with E-state index in [0.717, 1.165) is 14.2 Å². The first-order chi connectivity index (χ1) is 7.00. The Morgan fingerprint density at radius 2 is 2.07 bits per heavy atom. The van der Waals surface area contributed by atoms with Crippen molar-refractivity contribution in [2.45, 2.75) is 12.0 Å². The van der Waals surface area contributed by atoms with Gasteiger partial charge in [-0.3, -0.25) is 0 Å². The lowest BCUT2D eigenvalue weighted by Gasteiger charge is -2.32. The Kier molecular flexibility index (Phi) is 3.54. The molecule has 0 saturated heterocycles. The Labute approximate surface area is 84.8 Å². The van der Waals surface area contributed by atoms with Crippen LogP contribution in [0.4, 0.5) is 13.2 Å². The molecular weight excluding hydrogens is 213 g/mol.